The number of hydrogen-bond acceptors (Lipinski definition) is 5. The summed E-state index contributed by atoms with van der Waals surface area (Å²) in [6.07, 6.45) is 3.29. The van der Waals surface area contributed by atoms with Crippen LogP contribution in [0.15, 0.2) is 22.9 Å². The number of nitrogens with zero attached hydrogens (tertiary/aromatic N) is 2. The minimum absolute atomic E-state index is 0.0623. The van der Waals surface area contributed by atoms with E-state index in [1.807, 2.05) is 13.8 Å². The molecule has 1 amide bonds. The average Bonchev–Trinajstić information content (AvgIpc) is 3.19. The summed E-state index contributed by atoms with van der Waals surface area (Å²) >= 11 is 7.72. The number of piperidine rings is 1. The van der Waals surface area contributed by atoms with Gasteiger partial charge in [-0.25, -0.2) is 4.98 Å². The van der Waals surface area contributed by atoms with Crippen molar-refractivity contribution in [2.75, 3.05) is 19.6 Å². The second-order valence-corrected chi connectivity index (χ2v) is 9.11. The second kappa shape index (κ2) is 10.5. The predicted molar refractivity (Wildman–Crippen MR) is 121 cm³/mol. The van der Waals surface area contributed by atoms with Crippen molar-refractivity contribution in [3.8, 4) is 0 Å². The Morgan fingerprint density at radius 3 is 2.79 bits per heavy atom. The lowest BCUT2D eigenvalue weighted by atomic mass is 10.0. The zero-order valence-electron chi connectivity index (χ0n) is 17.5. The van der Waals surface area contributed by atoms with Crippen molar-refractivity contribution in [1.29, 1.82) is 0 Å². The molecule has 2 aromatic heterocycles. The van der Waals surface area contributed by atoms with Crippen molar-refractivity contribution in [1.82, 2.24) is 20.5 Å². The van der Waals surface area contributed by atoms with Crippen LogP contribution in [0.25, 0.3) is 0 Å². The van der Waals surface area contributed by atoms with Crippen LogP contribution in [-0.4, -0.2) is 47.5 Å². The Morgan fingerprint density at radius 1 is 1.38 bits per heavy atom. The minimum atomic E-state index is -0.0623. The number of thiophene rings is 1. The Morgan fingerprint density at radius 2 is 2.14 bits per heavy atom. The molecule has 158 valence electrons. The highest BCUT2D eigenvalue weighted by molar-refractivity contribution is 7.07. The van der Waals surface area contributed by atoms with E-state index in [4.69, 9.17) is 11.6 Å². The first-order chi connectivity index (χ1) is 13.9. The van der Waals surface area contributed by atoms with E-state index in [1.54, 1.807) is 17.4 Å². The average molecular weight is 435 g/mol. The van der Waals surface area contributed by atoms with Crippen LogP contribution < -0.4 is 10.6 Å². The van der Waals surface area contributed by atoms with E-state index in [0.29, 0.717) is 35.0 Å². The van der Waals surface area contributed by atoms with Crippen molar-refractivity contribution in [2.45, 2.75) is 58.7 Å². The van der Waals surface area contributed by atoms with Crippen LogP contribution in [0.3, 0.4) is 0 Å². The Bertz CT molecular complexity index is 780. The van der Waals surface area contributed by atoms with Gasteiger partial charge in [0.1, 0.15) is 5.15 Å². The molecule has 2 aromatic rings. The number of aryl methyl sites for hydroxylation is 2. The van der Waals surface area contributed by atoms with Crippen LogP contribution in [-0.2, 0) is 6.54 Å². The summed E-state index contributed by atoms with van der Waals surface area (Å²) in [5, 5.41) is 11.5. The van der Waals surface area contributed by atoms with Gasteiger partial charge in [-0.05, 0) is 87.1 Å². The van der Waals surface area contributed by atoms with E-state index in [1.165, 1.54) is 18.4 Å². The third kappa shape index (κ3) is 6.25. The molecule has 1 unspecified atom stereocenters. The second-order valence-electron chi connectivity index (χ2n) is 7.94. The first kappa shape index (κ1) is 22.2. The van der Waals surface area contributed by atoms with Crippen molar-refractivity contribution in [3.63, 3.8) is 0 Å². The van der Waals surface area contributed by atoms with Gasteiger partial charge in [0.25, 0.3) is 5.91 Å². The maximum Gasteiger partial charge on any atom is 0.253 e. The zero-order valence-corrected chi connectivity index (χ0v) is 19.1. The Kier molecular flexibility index (Phi) is 8.07. The summed E-state index contributed by atoms with van der Waals surface area (Å²) in [6, 6.07) is 4.98. The number of carbonyl (C=O) groups excluding carboxylic acids is 1. The summed E-state index contributed by atoms with van der Waals surface area (Å²) in [6.45, 7) is 9.82. The standard InChI is InChI=1S/C22H31ClN4OS/c1-15-12-20(23)26-17(3)21(15)22(28)24-8-4-16(2)27-9-5-19(6-10-27)25-13-18-7-11-29-14-18/h7,11-12,14,16,19,25H,4-6,8-10,13H2,1-3H3,(H,24,28). The number of nitrogens with one attached hydrogen (secondary N) is 2. The highest BCUT2D eigenvalue weighted by Gasteiger charge is 2.22. The summed E-state index contributed by atoms with van der Waals surface area (Å²) < 4.78 is 0. The maximum atomic E-state index is 12.6. The molecule has 3 heterocycles. The van der Waals surface area contributed by atoms with E-state index in [9.17, 15) is 4.79 Å². The van der Waals surface area contributed by atoms with Crippen molar-refractivity contribution in [2.24, 2.45) is 0 Å². The zero-order chi connectivity index (χ0) is 20.8. The number of likely N-dealkylation sites (tertiary alicyclic amines) is 1. The molecule has 7 heteroatoms. The minimum Gasteiger partial charge on any atom is -0.352 e. The number of hydrogen-bond donors (Lipinski definition) is 2. The molecule has 1 atom stereocenters. The Labute approximate surface area is 182 Å². The van der Waals surface area contributed by atoms with Gasteiger partial charge in [-0.15, -0.1) is 0 Å². The van der Waals surface area contributed by atoms with E-state index in [2.05, 4.69) is 44.3 Å². The van der Waals surface area contributed by atoms with Gasteiger partial charge in [0.15, 0.2) is 0 Å². The number of halogens is 1. The predicted octanol–water partition coefficient (Wildman–Crippen LogP) is 4.18. The Hall–Kier alpha value is -1.47. The van der Waals surface area contributed by atoms with E-state index in [0.717, 1.165) is 31.6 Å². The topological polar surface area (TPSA) is 57.3 Å². The lowest BCUT2D eigenvalue weighted by Crippen LogP contribution is -2.46. The molecule has 0 spiro atoms. The van der Waals surface area contributed by atoms with Gasteiger partial charge < -0.3 is 15.5 Å². The molecule has 1 fully saturated rings. The molecule has 0 aromatic carbocycles. The van der Waals surface area contributed by atoms with Gasteiger partial charge in [0, 0.05) is 25.2 Å². The first-order valence-corrected chi connectivity index (χ1v) is 11.7. The van der Waals surface area contributed by atoms with Gasteiger partial charge in [0.2, 0.25) is 0 Å². The van der Waals surface area contributed by atoms with Gasteiger partial charge >= 0.3 is 0 Å². The van der Waals surface area contributed by atoms with Crippen LogP contribution in [0.4, 0.5) is 0 Å². The number of carbonyl (C=O) groups is 1. The van der Waals surface area contributed by atoms with Crippen LogP contribution in [0.1, 0.15) is 53.4 Å². The fourth-order valence-electron chi connectivity index (χ4n) is 3.99. The summed E-state index contributed by atoms with van der Waals surface area (Å²) in [5.41, 5.74) is 3.56. The molecule has 0 aliphatic carbocycles. The van der Waals surface area contributed by atoms with Crippen LogP contribution in [0.2, 0.25) is 5.15 Å². The molecule has 1 saturated heterocycles. The number of pyridine rings is 1. The molecule has 1 aliphatic heterocycles. The maximum absolute atomic E-state index is 12.6. The number of rotatable bonds is 8. The fourth-order valence-corrected chi connectivity index (χ4v) is 4.95. The highest BCUT2D eigenvalue weighted by atomic mass is 35.5. The quantitative estimate of drug-likeness (QED) is 0.612. The molecule has 29 heavy (non-hydrogen) atoms. The molecule has 0 radical (unpaired) electrons. The largest absolute Gasteiger partial charge is 0.352 e. The third-order valence-electron chi connectivity index (χ3n) is 5.77. The molecule has 5 nitrogen and oxygen atoms in total. The van der Waals surface area contributed by atoms with Crippen LogP contribution >= 0.6 is 22.9 Å². The molecule has 3 rings (SSSR count). The number of amides is 1. The van der Waals surface area contributed by atoms with Crippen LogP contribution in [0, 0.1) is 13.8 Å². The molecule has 1 aliphatic rings. The van der Waals surface area contributed by atoms with E-state index < -0.39 is 0 Å². The normalized spacial score (nSPS) is 16.7. The molecular formula is C22H31ClN4OS. The van der Waals surface area contributed by atoms with Gasteiger partial charge in [-0.3, -0.25) is 4.79 Å². The van der Waals surface area contributed by atoms with Crippen molar-refractivity contribution < 1.29 is 4.79 Å². The number of aromatic nitrogens is 1. The summed E-state index contributed by atoms with van der Waals surface area (Å²) in [7, 11) is 0. The van der Waals surface area contributed by atoms with Gasteiger partial charge in [-0.1, -0.05) is 11.6 Å². The monoisotopic (exact) mass is 434 g/mol. The van der Waals surface area contributed by atoms with Crippen molar-refractivity contribution in [3.05, 3.63) is 50.4 Å². The lowest BCUT2D eigenvalue weighted by molar-refractivity contribution is 0.0942. The lowest BCUT2D eigenvalue weighted by Gasteiger charge is -2.36. The first-order valence-electron chi connectivity index (χ1n) is 10.3. The van der Waals surface area contributed by atoms with Gasteiger partial charge in [-0.2, -0.15) is 11.3 Å². The summed E-state index contributed by atoms with van der Waals surface area (Å²) in [5.74, 6) is -0.0623. The molecule has 0 bridgehead atoms. The van der Waals surface area contributed by atoms with E-state index in [-0.39, 0.29) is 5.91 Å². The molecular weight excluding hydrogens is 404 g/mol. The van der Waals surface area contributed by atoms with Crippen LogP contribution in [0.5, 0.6) is 0 Å². The SMILES string of the molecule is Cc1cc(Cl)nc(C)c1C(=O)NCCC(C)N1CCC(NCc2ccsc2)CC1. The van der Waals surface area contributed by atoms with E-state index >= 15 is 0 Å². The highest BCUT2D eigenvalue weighted by Crippen LogP contribution is 2.18. The molecule has 0 saturated carbocycles. The third-order valence-corrected chi connectivity index (χ3v) is 6.69. The fraction of sp³-hybridized carbons (Fsp3) is 0.545. The van der Waals surface area contributed by atoms with Crippen molar-refractivity contribution >= 4 is 28.8 Å². The Balaban J connectivity index is 1.38. The smallest absolute Gasteiger partial charge is 0.253 e. The summed E-state index contributed by atoms with van der Waals surface area (Å²) in [4.78, 5) is 19.3. The molecule has 2 N–H and O–H groups in total. The van der Waals surface area contributed by atoms with Gasteiger partial charge in [0.05, 0.1) is 11.3 Å².